The molecule has 74 valence electrons. The molecule has 0 fully saturated rings. The molecule has 0 saturated carbocycles. The molecule has 1 atom stereocenters. The summed E-state index contributed by atoms with van der Waals surface area (Å²) in [7, 11) is 1.44. The van der Waals surface area contributed by atoms with Crippen LogP contribution in [0.5, 0.6) is 5.75 Å². The highest BCUT2D eigenvalue weighted by molar-refractivity contribution is 5.37. The van der Waals surface area contributed by atoms with Gasteiger partial charge in [-0.25, -0.2) is 4.39 Å². The van der Waals surface area contributed by atoms with E-state index in [4.69, 9.17) is 15.7 Å². The Bertz CT molecular complexity index is 360. The second-order valence-electron chi connectivity index (χ2n) is 2.82. The molecule has 14 heavy (non-hydrogen) atoms. The van der Waals surface area contributed by atoms with Gasteiger partial charge in [0.2, 0.25) is 0 Å². The molecule has 1 rings (SSSR count). The summed E-state index contributed by atoms with van der Waals surface area (Å²) in [6.07, 6.45) is 0.0668. The van der Waals surface area contributed by atoms with Gasteiger partial charge < -0.3 is 10.5 Å². The molecule has 0 bridgehead atoms. The summed E-state index contributed by atoms with van der Waals surface area (Å²) in [5.74, 6) is -0.0557. The number of hydrogen-bond acceptors (Lipinski definition) is 3. The van der Waals surface area contributed by atoms with Crippen molar-refractivity contribution in [3.63, 3.8) is 0 Å². The minimum Gasteiger partial charge on any atom is -0.496 e. The summed E-state index contributed by atoms with van der Waals surface area (Å²) in [5.41, 5.74) is 5.90. The molecule has 0 radical (unpaired) electrons. The first kappa shape index (κ1) is 10.5. The van der Waals surface area contributed by atoms with Crippen LogP contribution in [0.3, 0.4) is 0 Å². The lowest BCUT2D eigenvalue weighted by atomic mass is 10.0. The normalized spacial score (nSPS) is 11.9. The number of methoxy groups -OCH3 is 1. The van der Waals surface area contributed by atoms with Crippen LogP contribution in [0.25, 0.3) is 0 Å². The smallest absolute Gasteiger partial charge is 0.131 e. The van der Waals surface area contributed by atoms with Crippen LogP contribution in [-0.4, -0.2) is 7.11 Å². The summed E-state index contributed by atoms with van der Waals surface area (Å²) in [4.78, 5) is 0. The molecule has 0 aromatic heterocycles. The van der Waals surface area contributed by atoms with Crippen molar-refractivity contribution in [3.8, 4) is 11.8 Å². The van der Waals surface area contributed by atoms with E-state index in [1.807, 2.05) is 6.07 Å². The highest BCUT2D eigenvalue weighted by atomic mass is 19.1. The summed E-state index contributed by atoms with van der Waals surface area (Å²) in [6.45, 7) is 0. The van der Waals surface area contributed by atoms with Gasteiger partial charge in [0.05, 0.1) is 19.6 Å². The van der Waals surface area contributed by atoms with Gasteiger partial charge in [-0.3, -0.25) is 0 Å². The molecule has 0 saturated heterocycles. The fraction of sp³-hybridized carbons (Fsp3) is 0.300. The van der Waals surface area contributed by atoms with Gasteiger partial charge in [-0.05, 0) is 12.1 Å². The number of nitrogens with two attached hydrogens (primary N) is 1. The molecule has 2 N–H and O–H groups in total. The molecule has 4 heteroatoms. The topological polar surface area (TPSA) is 59.0 Å². The van der Waals surface area contributed by atoms with Crippen LogP contribution < -0.4 is 10.5 Å². The molecular formula is C10H11FN2O. The average Bonchev–Trinajstić information content (AvgIpc) is 2.17. The maximum atomic E-state index is 13.3. The Labute approximate surface area is 81.9 Å². The van der Waals surface area contributed by atoms with Crippen molar-refractivity contribution >= 4 is 0 Å². The van der Waals surface area contributed by atoms with Crippen LogP contribution in [0.15, 0.2) is 18.2 Å². The van der Waals surface area contributed by atoms with Gasteiger partial charge in [-0.15, -0.1) is 0 Å². The third-order valence-corrected chi connectivity index (χ3v) is 1.91. The zero-order chi connectivity index (χ0) is 10.6. The maximum Gasteiger partial charge on any atom is 0.131 e. The Morgan fingerprint density at radius 2 is 2.36 bits per heavy atom. The van der Waals surface area contributed by atoms with Crippen LogP contribution in [-0.2, 0) is 0 Å². The zero-order valence-corrected chi connectivity index (χ0v) is 7.83. The summed E-state index contributed by atoms with van der Waals surface area (Å²) in [5, 5.41) is 8.46. The number of nitriles is 1. The summed E-state index contributed by atoms with van der Waals surface area (Å²) >= 11 is 0. The van der Waals surface area contributed by atoms with Crippen LogP contribution in [0.4, 0.5) is 4.39 Å². The average molecular weight is 194 g/mol. The van der Waals surface area contributed by atoms with E-state index in [0.717, 1.165) is 0 Å². The predicted molar refractivity (Wildman–Crippen MR) is 50.1 cm³/mol. The minimum absolute atomic E-state index is 0.0668. The third kappa shape index (κ3) is 2.01. The van der Waals surface area contributed by atoms with Crippen LogP contribution in [0, 0.1) is 17.1 Å². The van der Waals surface area contributed by atoms with Crippen molar-refractivity contribution in [1.82, 2.24) is 0 Å². The summed E-state index contributed by atoms with van der Waals surface area (Å²) in [6, 6.07) is 5.71. The highest BCUT2D eigenvalue weighted by Crippen LogP contribution is 2.27. The van der Waals surface area contributed by atoms with Gasteiger partial charge in [-0.2, -0.15) is 5.26 Å². The molecule has 0 aliphatic carbocycles. The van der Waals surface area contributed by atoms with Crippen molar-refractivity contribution in [2.24, 2.45) is 5.73 Å². The fourth-order valence-electron chi connectivity index (χ4n) is 1.26. The van der Waals surface area contributed by atoms with E-state index in [1.165, 1.54) is 19.2 Å². The lowest BCUT2D eigenvalue weighted by molar-refractivity contribution is 0.399. The van der Waals surface area contributed by atoms with E-state index in [0.29, 0.717) is 5.75 Å². The van der Waals surface area contributed by atoms with E-state index < -0.39 is 11.9 Å². The lowest BCUT2D eigenvalue weighted by Crippen LogP contribution is -2.12. The van der Waals surface area contributed by atoms with Crippen LogP contribution >= 0.6 is 0 Å². The van der Waals surface area contributed by atoms with E-state index in [1.54, 1.807) is 6.07 Å². The molecular weight excluding hydrogens is 183 g/mol. The fourth-order valence-corrected chi connectivity index (χ4v) is 1.26. The predicted octanol–water partition coefficient (Wildman–Crippen LogP) is 1.75. The van der Waals surface area contributed by atoms with Crippen LogP contribution in [0.1, 0.15) is 18.0 Å². The molecule has 3 nitrogen and oxygen atoms in total. The number of halogens is 1. The first-order valence-electron chi connectivity index (χ1n) is 4.15. The van der Waals surface area contributed by atoms with Gasteiger partial charge in [0.1, 0.15) is 11.6 Å². The monoisotopic (exact) mass is 194 g/mol. The Hall–Kier alpha value is -1.60. The number of nitrogens with zero attached hydrogens (tertiary/aromatic N) is 1. The molecule has 0 spiro atoms. The third-order valence-electron chi connectivity index (χ3n) is 1.91. The molecule has 0 unspecified atom stereocenters. The summed E-state index contributed by atoms with van der Waals surface area (Å²) < 4.78 is 18.3. The second kappa shape index (κ2) is 4.58. The number of rotatable bonds is 3. The van der Waals surface area contributed by atoms with Gasteiger partial charge in [0.15, 0.2) is 0 Å². The Morgan fingerprint density at radius 1 is 1.64 bits per heavy atom. The minimum atomic E-state index is -0.642. The van der Waals surface area contributed by atoms with Gasteiger partial charge >= 0.3 is 0 Å². The van der Waals surface area contributed by atoms with Crippen molar-refractivity contribution in [1.29, 1.82) is 5.26 Å². The molecule has 0 amide bonds. The van der Waals surface area contributed by atoms with Gasteiger partial charge in [0, 0.05) is 11.6 Å². The molecule has 0 aliphatic rings. The Balaban J connectivity index is 3.11. The lowest BCUT2D eigenvalue weighted by Gasteiger charge is -2.13. The van der Waals surface area contributed by atoms with E-state index in [-0.39, 0.29) is 12.0 Å². The standard InChI is InChI=1S/C10H11FN2O/c1-14-9-4-2-3-7(11)10(9)8(13)5-6-12/h2-4,8H,5,13H2,1H3/t8-/m1/s1. The molecule has 1 aromatic carbocycles. The van der Waals surface area contributed by atoms with Gasteiger partial charge in [-0.1, -0.05) is 6.07 Å². The van der Waals surface area contributed by atoms with Crippen molar-refractivity contribution in [2.45, 2.75) is 12.5 Å². The molecule has 1 aromatic rings. The van der Waals surface area contributed by atoms with Crippen molar-refractivity contribution in [3.05, 3.63) is 29.6 Å². The molecule has 0 aliphatic heterocycles. The largest absolute Gasteiger partial charge is 0.496 e. The van der Waals surface area contributed by atoms with Gasteiger partial charge in [0.25, 0.3) is 0 Å². The Kier molecular flexibility index (Phi) is 3.43. The number of hydrogen-bond donors (Lipinski definition) is 1. The van der Waals surface area contributed by atoms with Crippen LogP contribution in [0.2, 0.25) is 0 Å². The number of ether oxygens (including phenoxy) is 1. The zero-order valence-electron chi connectivity index (χ0n) is 7.83. The first-order chi connectivity index (χ1) is 6.70. The van der Waals surface area contributed by atoms with E-state index in [9.17, 15) is 4.39 Å². The maximum absolute atomic E-state index is 13.3. The second-order valence-corrected chi connectivity index (χ2v) is 2.82. The Morgan fingerprint density at radius 3 is 2.93 bits per heavy atom. The van der Waals surface area contributed by atoms with E-state index >= 15 is 0 Å². The SMILES string of the molecule is COc1cccc(F)c1[C@H](N)CC#N. The number of benzene rings is 1. The molecule has 0 heterocycles. The highest BCUT2D eigenvalue weighted by Gasteiger charge is 2.16. The van der Waals surface area contributed by atoms with E-state index in [2.05, 4.69) is 0 Å². The first-order valence-corrected chi connectivity index (χ1v) is 4.15. The quantitative estimate of drug-likeness (QED) is 0.797. The van der Waals surface area contributed by atoms with Crippen molar-refractivity contribution < 1.29 is 9.13 Å². The van der Waals surface area contributed by atoms with Crippen molar-refractivity contribution in [2.75, 3.05) is 7.11 Å².